The van der Waals surface area contributed by atoms with Crippen molar-refractivity contribution in [3.8, 4) is 0 Å². The van der Waals surface area contributed by atoms with E-state index in [9.17, 15) is 9.59 Å². The van der Waals surface area contributed by atoms with Crippen LogP contribution >= 0.6 is 0 Å². The maximum Gasteiger partial charge on any atom is 0.343 e. The summed E-state index contributed by atoms with van der Waals surface area (Å²) in [5.41, 5.74) is 1.80. The Morgan fingerprint density at radius 2 is 2.11 bits per heavy atom. The van der Waals surface area contributed by atoms with Crippen LogP contribution in [0.5, 0.6) is 0 Å². The molecule has 1 saturated heterocycles. The molecular weight excluding hydrogens is 344 g/mol. The number of aromatic nitrogens is 5. The Labute approximate surface area is 156 Å². The maximum absolute atomic E-state index is 13.0. The molecule has 8 heteroatoms. The van der Waals surface area contributed by atoms with Crippen LogP contribution in [-0.2, 0) is 6.54 Å². The number of carbonyl (C=O) groups is 1. The predicted molar refractivity (Wildman–Crippen MR) is 101 cm³/mol. The van der Waals surface area contributed by atoms with E-state index in [4.69, 9.17) is 0 Å². The number of nitrogens with one attached hydrogen (secondary N) is 1. The van der Waals surface area contributed by atoms with Crippen LogP contribution in [0.4, 0.5) is 0 Å². The van der Waals surface area contributed by atoms with Gasteiger partial charge in [0.15, 0.2) is 5.65 Å². The number of aryl methyl sites for hydroxylation is 1. The lowest BCUT2D eigenvalue weighted by Crippen LogP contribution is -2.39. The molecule has 0 aliphatic carbocycles. The van der Waals surface area contributed by atoms with Crippen molar-refractivity contribution >= 4 is 16.9 Å². The summed E-state index contributed by atoms with van der Waals surface area (Å²) in [5, 5.41) is 7.59. The van der Waals surface area contributed by atoms with Gasteiger partial charge in [0.1, 0.15) is 5.82 Å². The third kappa shape index (κ3) is 3.11. The molecule has 1 N–H and O–H groups in total. The third-order valence-corrected chi connectivity index (χ3v) is 5.26. The van der Waals surface area contributed by atoms with Crippen molar-refractivity contribution < 1.29 is 4.79 Å². The smallest absolute Gasteiger partial charge is 0.339 e. The van der Waals surface area contributed by atoms with Crippen molar-refractivity contribution in [2.75, 3.05) is 13.1 Å². The van der Waals surface area contributed by atoms with Gasteiger partial charge in [-0.3, -0.25) is 9.36 Å². The number of fused-ring (bicyclic) bond motifs is 1. The van der Waals surface area contributed by atoms with Gasteiger partial charge in [-0.15, -0.1) is 0 Å². The summed E-state index contributed by atoms with van der Waals surface area (Å²) >= 11 is 0. The summed E-state index contributed by atoms with van der Waals surface area (Å²) < 4.78 is 1.67. The van der Waals surface area contributed by atoms with E-state index in [1.54, 1.807) is 10.8 Å². The molecule has 1 amide bonds. The lowest BCUT2D eigenvalue weighted by molar-refractivity contribution is 0.0709. The van der Waals surface area contributed by atoms with Crippen LogP contribution in [0.3, 0.4) is 0 Å². The zero-order valence-electron chi connectivity index (χ0n) is 15.5. The average molecular weight is 366 g/mol. The Morgan fingerprint density at radius 3 is 2.85 bits per heavy atom. The first-order valence-electron chi connectivity index (χ1n) is 9.25. The van der Waals surface area contributed by atoms with E-state index in [0.29, 0.717) is 36.5 Å². The van der Waals surface area contributed by atoms with Crippen molar-refractivity contribution in [3.05, 3.63) is 52.0 Å². The highest BCUT2D eigenvalue weighted by molar-refractivity contribution is 5.98. The van der Waals surface area contributed by atoms with E-state index in [-0.39, 0.29) is 17.5 Å². The fraction of sp³-hybridized carbons (Fsp3) is 0.421. The molecule has 0 bridgehead atoms. The Kier molecular flexibility index (Phi) is 4.47. The molecule has 0 spiro atoms. The van der Waals surface area contributed by atoms with E-state index in [1.165, 1.54) is 0 Å². The molecule has 0 saturated carbocycles. The van der Waals surface area contributed by atoms with Gasteiger partial charge in [-0.25, -0.2) is 19.9 Å². The first-order chi connectivity index (χ1) is 13.1. The van der Waals surface area contributed by atoms with E-state index in [2.05, 4.69) is 20.2 Å². The number of rotatable bonds is 3. The molecule has 4 heterocycles. The van der Waals surface area contributed by atoms with E-state index < -0.39 is 0 Å². The highest BCUT2D eigenvalue weighted by atomic mass is 16.2. The minimum absolute atomic E-state index is 0.000821. The van der Waals surface area contributed by atoms with Crippen LogP contribution < -0.4 is 5.69 Å². The summed E-state index contributed by atoms with van der Waals surface area (Å²) in [5.74, 6) is 0.983. The predicted octanol–water partition coefficient (Wildman–Crippen LogP) is 1.86. The topological polar surface area (TPSA) is 96.8 Å². The molecule has 0 aromatic carbocycles. The zero-order valence-corrected chi connectivity index (χ0v) is 15.5. The number of nitrogens with zero attached hydrogens (tertiary/aromatic N) is 5. The van der Waals surface area contributed by atoms with Gasteiger partial charge in [0, 0.05) is 37.1 Å². The Morgan fingerprint density at radius 1 is 1.33 bits per heavy atom. The second-order valence-electron chi connectivity index (χ2n) is 6.87. The van der Waals surface area contributed by atoms with Crippen LogP contribution in [-0.4, -0.2) is 48.6 Å². The molecule has 0 atom stereocenters. The number of H-pyrrole nitrogens is 1. The first kappa shape index (κ1) is 17.4. The van der Waals surface area contributed by atoms with E-state index in [0.717, 1.165) is 24.1 Å². The largest absolute Gasteiger partial charge is 0.343 e. The molecule has 3 aromatic heterocycles. The normalized spacial score (nSPS) is 15.4. The monoisotopic (exact) mass is 366 g/mol. The second kappa shape index (κ2) is 6.94. The van der Waals surface area contributed by atoms with E-state index in [1.807, 2.05) is 36.9 Å². The fourth-order valence-corrected chi connectivity index (χ4v) is 3.77. The van der Waals surface area contributed by atoms with Crippen molar-refractivity contribution in [1.82, 2.24) is 29.6 Å². The molecule has 4 rings (SSSR count). The second-order valence-corrected chi connectivity index (χ2v) is 6.87. The number of hydrogen-bond donors (Lipinski definition) is 1. The van der Waals surface area contributed by atoms with Crippen LogP contribution in [0.2, 0.25) is 0 Å². The average Bonchev–Trinajstić information content (AvgIpc) is 3.07. The Balaban J connectivity index is 1.52. The summed E-state index contributed by atoms with van der Waals surface area (Å²) in [6, 6.07) is 5.64. The van der Waals surface area contributed by atoms with Crippen LogP contribution in [0, 0.1) is 6.92 Å². The maximum atomic E-state index is 13.0. The minimum Gasteiger partial charge on any atom is -0.339 e. The number of piperidine rings is 1. The number of amides is 1. The highest BCUT2D eigenvalue weighted by Gasteiger charge is 2.28. The van der Waals surface area contributed by atoms with E-state index >= 15 is 0 Å². The lowest BCUT2D eigenvalue weighted by Gasteiger charge is -2.31. The molecule has 27 heavy (non-hydrogen) atoms. The van der Waals surface area contributed by atoms with Gasteiger partial charge < -0.3 is 4.90 Å². The molecule has 140 valence electrons. The number of aromatic amines is 1. The van der Waals surface area contributed by atoms with Gasteiger partial charge in [-0.05, 0) is 44.9 Å². The quantitative estimate of drug-likeness (QED) is 0.763. The Hall–Kier alpha value is -3.03. The van der Waals surface area contributed by atoms with Gasteiger partial charge in [0.2, 0.25) is 0 Å². The van der Waals surface area contributed by atoms with Gasteiger partial charge in [0.05, 0.1) is 11.3 Å². The molecule has 0 unspecified atom stereocenters. The summed E-state index contributed by atoms with van der Waals surface area (Å²) in [7, 11) is 0. The fourth-order valence-electron chi connectivity index (χ4n) is 3.77. The number of likely N-dealkylation sites (tertiary alicyclic amines) is 1. The molecule has 1 aliphatic heterocycles. The summed E-state index contributed by atoms with van der Waals surface area (Å²) in [6.07, 6.45) is 3.28. The number of hydrogen-bond acceptors (Lipinski definition) is 5. The summed E-state index contributed by atoms with van der Waals surface area (Å²) in [4.78, 5) is 35.4. The first-order valence-corrected chi connectivity index (χ1v) is 9.25. The third-order valence-electron chi connectivity index (χ3n) is 5.26. The molecule has 1 aliphatic rings. The summed E-state index contributed by atoms with van der Waals surface area (Å²) in [6.45, 7) is 5.65. The molecule has 1 fully saturated rings. The van der Waals surface area contributed by atoms with Gasteiger partial charge >= 0.3 is 5.69 Å². The van der Waals surface area contributed by atoms with Crippen molar-refractivity contribution in [1.29, 1.82) is 0 Å². The molecule has 3 aromatic rings. The SMILES string of the molecule is CCn1c(C2CCN(C(=O)c3cc4cccnc4nc3C)CC2)n[nH]c1=O. The highest BCUT2D eigenvalue weighted by Crippen LogP contribution is 2.27. The zero-order chi connectivity index (χ0) is 19.0. The minimum atomic E-state index is -0.169. The number of pyridine rings is 2. The van der Waals surface area contributed by atoms with Crippen LogP contribution in [0.15, 0.2) is 29.2 Å². The van der Waals surface area contributed by atoms with Crippen LogP contribution in [0.25, 0.3) is 11.0 Å². The van der Waals surface area contributed by atoms with Crippen molar-refractivity contribution in [2.24, 2.45) is 0 Å². The molecule has 0 radical (unpaired) electrons. The Bertz CT molecular complexity index is 1050. The standard InChI is InChI=1S/C19H22N6O2/c1-3-25-17(22-23-19(25)27)13-6-9-24(10-7-13)18(26)15-11-14-5-4-8-20-16(14)21-12(15)2/h4-5,8,11,13H,3,6-7,9-10H2,1-2H3,(H,23,27). The molecule has 8 nitrogen and oxygen atoms in total. The molecular formula is C19H22N6O2. The lowest BCUT2D eigenvalue weighted by atomic mass is 9.95. The van der Waals surface area contributed by atoms with Crippen molar-refractivity contribution in [3.63, 3.8) is 0 Å². The van der Waals surface area contributed by atoms with Gasteiger partial charge in [-0.2, -0.15) is 5.10 Å². The van der Waals surface area contributed by atoms with Crippen molar-refractivity contribution in [2.45, 2.75) is 39.2 Å². The van der Waals surface area contributed by atoms with Gasteiger partial charge in [0.25, 0.3) is 5.91 Å². The van der Waals surface area contributed by atoms with Gasteiger partial charge in [-0.1, -0.05) is 0 Å². The van der Waals surface area contributed by atoms with Crippen LogP contribution in [0.1, 0.15) is 47.6 Å². The number of carbonyl (C=O) groups excluding carboxylic acids is 1.